The van der Waals surface area contributed by atoms with Gasteiger partial charge in [-0.25, -0.2) is 0 Å². The monoisotopic (exact) mass is 235 g/mol. The third-order valence-electron chi connectivity index (χ3n) is 2.42. The van der Waals surface area contributed by atoms with Crippen molar-refractivity contribution < 1.29 is 0 Å². The van der Waals surface area contributed by atoms with Gasteiger partial charge in [-0.2, -0.15) is 0 Å². The van der Waals surface area contributed by atoms with Crippen molar-refractivity contribution >= 4 is 16.5 Å². The summed E-state index contributed by atoms with van der Waals surface area (Å²) < 4.78 is 0. The molecule has 3 nitrogen and oxygen atoms in total. The molecule has 0 bridgehead atoms. The van der Waals surface area contributed by atoms with Gasteiger partial charge in [0.1, 0.15) is 5.01 Å². The Bertz CT molecular complexity index is 427. The van der Waals surface area contributed by atoms with Crippen LogP contribution in [0.15, 0.2) is 36.5 Å². The van der Waals surface area contributed by atoms with Gasteiger partial charge in [-0.3, -0.25) is 0 Å². The third-order valence-corrected chi connectivity index (χ3v) is 3.50. The average Bonchev–Trinajstić information content (AvgIpc) is 2.66. The van der Waals surface area contributed by atoms with Gasteiger partial charge >= 0.3 is 0 Å². The van der Waals surface area contributed by atoms with Gasteiger partial charge in [0.25, 0.3) is 0 Å². The highest BCUT2D eigenvalue weighted by Crippen LogP contribution is 2.34. The average molecular weight is 235 g/mol. The molecule has 1 aromatic heterocycles. The maximum atomic E-state index is 5.61. The maximum absolute atomic E-state index is 5.61. The Balaban J connectivity index is 3.08. The molecule has 0 radical (unpaired) electrons. The summed E-state index contributed by atoms with van der Waals surface area (Å²) in [6.45, 7) is 9.89. The zero-order valence-corrected chi connectivity index (χ0v) is 10.7. The molecule has 1 heterocycles. The molecular formula is C12H17N3S. The van der Waals surface area contributed by atoms with E-state index in [9.17, 15) is 0 Å². The summed E-state index contributed by atoms with van der Waals surface area (Å²) in [5, 5.41) is 9.39. The molecule has 0 aliphatic rings. The molecule has 16 heavy (non-hydrogen) atoms. The summed E-state index contributed by atoms with van der Waals surface area (Å²) in [6.07, 6.45) is 7.78. The molecule has 0 aliphatic carbocycles. The van der Waals surface area contributed by atoms with Crippen LogP contribution in [0, 0.1) is 0 Å². The molecule has 4 heteroatoms. The van der Waals surface area contributed by atoms with E-state index in [1.165, 1.54) is 16.9 Å². The molecular weight excluding hydrogens is 218 g/mol. The van der Waals surface area contributed by atoms with E-state index < -0.39 is 0 Å². The SMILES string of the molecule is C=C/C=C\C(=C/C)C(C)(C)c1nnc(N)s1. The number of allylic oxidation sites excluding steroid dienone is 5. The first-order chi connectivity index (χ1) is 7.52. The highest BCUT2D eigenvalue weighted by Gasteiger charge is 2.27. The number of hydrogen-bond acceptors (Lipinski definition) is 4. The second kappa shape index (κ2) is 5.07. The molecule has 2 N–H and O–H groups in total. The van der Waals surface area contributed by atoms with E-state index in [-0.39, 0.29) is 5.41 Å². The first kappa shape index (κ1) is 12.6. The lowest BCUT2D eigenvalue weighted by Crippen LogP contribution is -2.19. The van der Waals surface area contributed by atoms with Crippen molar-refractivity contribution in [3.05, 3.63) is 41.5 Å². The van der Waals surface area contributed by atoms with E-state index >= 15 is 0 Å². The van der Waals surface area contributed by atoms with E-state index in [4.69, 9.17) is 5.73 Å². The number of hydrogen-bond donors (Lipinski definition) is 1. The number of anilines is 1. The highest BCUT2D eigenvalue weighted by atomic mass is 32.1. The lowest BCUT2D eigenvalue weighted by Gasteiger charge is -2.22. The zero-order valence-electron chi connectivity index (χ0n) is 9.90. The summed E-state index contributed by atoms with van der Waals surface area (Å²) >= 11 is 1.43. The Labute approximate surface area is 100 Å². The second-order valence-electron chi connectivity index (χ2n) is 3.91. The molecule has 1 rings (SSSR count). The zero-order chi connectivity index (χ0) is 12.2. The van der Waals surface area contributed by atoms with E-state index in [0.717, 1.165) is 5.01 Å². The van der Waals surface area contributed by atoms with Crippen molar-refractivity contribution in [2.24, 2.45) is 0 Å². The quantitative estimate of drug-likeness (QED) is 0.816. The van der Waals surface area contributed by atoms with Gasteiger partial charge in [0.05, 0.1) is 0 Å². The Morgan fingerprint density at radius 2 is 2.12 bits per heavy atom. The van der Waals surface area contributed by atoms with Crippen LogP contribution in [0.1, 0.15) is 25.8 Å². The second-order valence-corrected chi connectivity index (χ2v) is 4.92. The van der Waals surface area contributed by atoms with E-state index in [1.807, 2.05) is 19.1 Å². The van der Waals surface area contributed by atoms with Crippen molar-refractivity contribution in [1.82, 2.24) is 10.2 Å². The number of rotatable bonds is 4. The molecule has 0 atom stereocenters. The predicted octanol–water partition coefficient (Wildman–Crippen LogP) is 3.09. The maximum Gasteiger partial charge on any atom is 0.203 e. The van der Waals surface area contributed by atoms with Crippen LogP contribution >= 0.6 is 11.3 Å². The predicted molar refractivity (Wildman–Crippen MR) is 70.4 cm³/mol. The molecule has 0 saturated heterocycles. The van der Waals surface area contributed by atoms with Crippen molar-refractivity contribution in [3.8, 4) is 0 Å². The Morgan fingerprint density at radius 3 is 2.56 bits per heavy atom. The van der Waals surface area contributed by atoms with Crippen LogP contribution in [0.3, 0.4) is 0 Å². The molecule has 0 saturated carbocycles. The number of aromatic nitrogens is 2. The van der Waals surface area contributed by atoms with Crippen LogP contribution < -0.4 is 5.73 Å². The molecule has 0 aromatic carbocycles. The Hall–Kier alpha value is -1.42. The Kier molecular flexibility index (Phi) is 4.01. The van der Waals surface area contributed by atoms with Crippen LogP contribution in [-0.4, -0.2) is 10.2 Å². The van der Waals surface area contributed by atoms with Gasteiger partial charge < -0.3 is 5.73 Å². The topological polar surface area (TPSA) is 51.8 Å². The normalized spacial score (nSPS) is 13.3. The van der Waals surface area contributed by atoms with Gasteiger partial charge in [-0.15, -0.1) is 10.2 Å². The lowest BCUT2D eigenvalue weighted by atomic mass is 9.84. The minimum atomic E-state index is -0.177. The minimum absolute atomic E-state index is 0.177. The smallest absolute Gasteiger partial charge is 0.203 e. The summed E-state index contributed by atoms with van der Waals surface area (Å²) in [4.78, 5) is 0. The largest absolute Gasteiger partial charge is 0.374 e. The first-order valence-electron chi connectivity index (χ1n) is 5.07. The van der Waals surface area contributed by atoms with Gasteiger partial charge in [-0.1, -0.05) is 42.2 Å². The van der Waals surface area contributed by atoms with Gasteiger partial charge in [0.2, 0.25) is 5.13 Å². The molecule has 1 aromatic rings. The molecule has 0 fully saturated rings. The molecule has 0 spiro atoms. The van der Waals surface area contributed by atoms with Crippen LogP contribution in [0.2, 0.25) is 0 Å². The van der Waals surface area contributed by atoms with Crippen LogP contribution in [0.5, 0.6) is 0 Å². The fourth-order valence-corrected chi connectivity index (χ4v) is 2.18. The standard InChI is InChI=1S/C12H17N3S/c1-5-7-8-9(6-2)12(3,4)10-14-15-11(13)16-10/h5-8H,1H2,2-4H3,(H2,13,15)/b8-7-,9-6+. The van der Waals surface area contributed by atoms with E-state index in [0.29, 0.717) is 5.13 Å². The fraction of sp³-hybridized carbons (Fsp3) is 0.333. The minimum Gasteiger partial charge on any atom is -0.374 e. The summed E-state index contributed by atoms with van der Waals surface area (Å²) in [5.41, 5.74) is 6.60. The fourth-order valence-electron chi connectivity index (χ4n) is 1.45. The van der Waals surface area contributed by atoms with Crippen molar-refractivity contribution in [2.45, 2.75) is 26.2 Å². The number of nitrogens with two attached hydrogens (primary N) is 1. The van der Waals surface area contributed by atoms with E-state index in [2.05, 4.69) is 36.7 Å². The summed E-state index contributed by atoms with van der Waals surface area (Å²) in [7, 11) is 0. The van der Waals surface area contributed by atoms with Crippen molar-refractivity contribution in [1.29, 1.82) is 0 Å². The summed E-state index contributed by atoms with van der Waals surface area (Å²) in [5.74, 6) is 0. The van der Waals surface area contributed by atoms with Crippen molar-refractivity contribution in [2.75, 3.05) is 5.73 Å². The van der Waals surface area contributed by atoms with Crippen molar-refractivity contribution in [3.63, 3.8) is 0 Å². The first-order valence-corrected chi connectivity index (χ1v) is 5.89. The van der Waals surface area contributed by atoms with Gasteiger partial charge in [0.15, 0.2) is 0 Å². The highest BCUT2D eigenvalue weighted by molar-refractivity contribution is 7.15. The molecule has 0 unspecified atom stereocenters. The number of nitrogens with zero attached hydrogens (tertiary/aromatic N) is 2. The molecule has 0 amide bonds. The third kappa shape index (κ3) is 2.58. The Morgan fingerprint density at radius 1 is 1.44 bits per heavy atom. The molecule has 86 valence electrons. The van der Waals surface area contributed by atoms with E-state index in [1.54, 1.807) is 6.08 Å². The summed E-state index contributed by atoms with van der Waals surface area (Å²) in [6, 6.07) is 0. The lowest BCUT2D eigenvalue weighted by molar-refractivity contribution is 0.623. The molecule has 0 aliphatic heterocycles. The van der Waals surface area contributed by atoms with Crippen LogP contribution in [0.25, 0.3) is 0 Å². The van der Waals surface area contributed by atoms with Gasteiger partial charge in [-0.05, 0) is 26.3 Å². The van der Waals surface area contributed by atoms with Crippen LogP contribution in [0.4, 0.5) is 5.13 Å². The van der Waals surface area contributed by atoms with Crippen LogP contribution in [-0.2, 0) is 5.41 Å². The van der Waals surface area contributed by atoms with Gasteiger partial charge in [0, 0.05) is 5.41 Å². The number of nitrogen functional groups attached to an aromatic ring is 1.